The fourth-order valence-corrected chi connectivity index (χ4v) is 2.96. The molecule has 3 nitrogen and oxygen atoms in total. The molecule has 0 aromatic carbocycles. The van der Waals surface area contributed by atoms with Crippen LogP contribution < -0.4 is 4.57 Å². The summed E-state index contributed by atoms with van der Waals surface area (Å²) in [6.07, 6.45) is 13.2. The Labute approximate surface area is 136 Å². The van der Waals surface area contributed by atoms with Gasteiger partial charge in [0, 0.05) is 18.6 Å². The number of aliphatic hydroxyl groups excluding tert-OH is 2. The lowest BCUT2D eigenvalue weighted by atomic mass is 10.1. The Morgan fingerprint density at radius 1 is 0.727 bits per heavy atom. The Morgan fingerprint density at radius 3 is 1.64 bits per heavy atom. The summed E-state index contributed by atoms with van der Waals surface area (Å²) in [5.41, 5.74) is 1.78. The van der Waals surface area contributed by atoms with Crippen molar-refractivity contribution in [2.45, 2.75) is 90.9 Å². The number of pyridine rings is 1. The topological polar surface area (TPSA) is 44.3 Å². The zero-order valence-electron chi connectivity index (χ0n) is 14.3. The molecule has 0 saturated carbocycles. The molecule has 0 aliphatic carbocycles. The highest BCUT2D eigenvalue weighted by Crippen LogP contribution is 2.10. The molecule has 1 aromatic heterocycles. The van der Waals surface area contributed by atoms with Gasteiger partial charge < -0.3 is 10.2 Å². The fourth-order valence-electron chi connectivity index (χ4n) is 2.96. The second-order valence-electron chi connectivity index (χ2n) is 6.16. The van der Waals surface area contributed by atoms with Gasteiger partial charge in [-0.05, 0) is 12.5 Å². The monoisotopic (exact) mass is 308 g/mol. The summed E-state index contributed by atoms with van der Waals surface area (Å²) in [7, 11) is 0. The Kier molecular flexibility index (Phi) is 10.9. The summed E-state index contributed by atoms with van der Waals surface area (Å²) in [5, 5.41) is 18.8. The van der Waals surface area contributed by atoms with Crippen molar-refractivity contribution in [1.29, 1.82) is 0 Å². The Hall–Kier alpha value is -0.930. The number of aromatic nitrogens is 1. The predicted octanol–water partition coefficient (Wildman–Crippen LogP) is 3.88. The van der Waals surface area contributed by atoms with E-state index in [1.807, 2.05) is 18.2 Å². The standard InChI is InChI=1S/C19H34NO2/c1-2-3-4-5-6-7-8-9-10-11-15-20-18(16-21)13-12-14-19(20)17-22/h12-14,21-22H,2-11,15-17H2,1H3/q+1. The van der Waals surface area contributed by atoms with Crippen molar-refractivity contribution in [3.8, 4) is 0 Å². The molecule has 0 fully saturated rings. The van der Waals surface area contributed by atoms with Crippen LogP contribution in [-0.4, -0.2) is 10.2 Å². The van der Waals surface area contributed by atoms with Gasteiger partial charge in [0.15, 0.2) is 0 Å². The first-order valence-corrected chi connectivity index (χ1v) is 9.05. The minimum atomic E-state index is 0.0333. The summed E-state index contributed by atoms with van der Waals surface area (Å²) in [6, 6.07) is 5.75. The van der Waals surface area contributed by atoms with Crippen LogP contribution in [0.5, 0.6) is 0 Å². The minimum absolute atomic E-state index is 0.0333. The highest BCUT2D eigenvalue weighted by atomic mass is 16.3. The van der Waals surface area contributed by atoms with Crippen molar-refractivity contribution in [2.24, 2.45) is 0 Å². The first-order chi connectivity index (χ1) is 10.8. The van der Waals surface area contributed by atoms with Crippen LogP contribution in [0.2, 0.25) is 0 Å². The maximum atomic E-state index is 9.40. The maximum Gasteiger partial charge on any atom is 0.207 e. The third-order valence-corrected chi connectivity index (χ3v) is 4.33. The lowest BCUT2D eigenvalue weighted by molar-refractivity contribution is -0.715. The maximum absolute atomic E-state index is 9.40. The number of rotatable bonds is 13. The van der Waals surface area contributed by atoms with Gasteiger partial charge in [-0.25, -0.2) is 0 Å². The number of hydrogen-bond donors (Lipinski definition) is 2. The number of nitrogens with zero attached hydrogens (tertiary/aromatic N) is 1. The average molecular weight is 308 g/mol. The van der Waals surface area contributed by atoms with Gasteiger partial charge in [-0.1, -0.05) is 58.3 Å². The van der Waals surface area contributed by atoms with Crippen molar-refractivity contribution in [3.05, 3.63) is 29.6 Å². The second kappa shape index (κ2) is 12.6. The van der Waals surface area contributed by atoms with Gasteiger partial charge in [0.2, 0.25) is 11.4 Å². The lowest BCUT2D eigenvalue weighted by Crippen LogP contribution is -2.42. The smallest absolute Gasteiger partial charge is 0.207 e. The van der Waals surface area contributed by atoms with E-state index in [2.05, 4.69) is 11.5 Å². The largest absolute Gasteiger partial charge is 0.385 e. The highest BCUT2D eigenvalue weighted by Gasteiger charge is 2.14. The molecule has 0 unspecified atom stereocenters. The normalized spacial score (nSPS) is 11.0. The van der Waals surface area contributed by atoms with E-state index in [0.717, 1.165) is 24.4 Å². The Morgan fingerprint density at radius 2 is 1.18 bits per heavy atom. The summed E-state index contributed by atoms with van der Waals surface area (Å²) in [5.74, 6) is 0. The van der Waals surface area contributed by atoms with E-state index in [1.54, 1.807) is 0 Å². The molecule has 1 aromatic rings. The van der Waals surface area contributed by atoms with Crippen LogP contribution >= 0.6 is 0 Å². The molecule has 126 valence electrons. The third kappa shape index (κ3) is 7.37. The van der Waals surface area contributed by atoms with Crippen LogP contribution in [0.4, 0.5) is 0 Å². The van der Waals surface area contributed by atoms with Gasteiger partial charge in [0.25, 0.3) is 0 Å². The number of unbranched alkanes of at least 4 members (excludes halogenated alkanes) is 9. The average Bonchev–Trinajstić information content (AvgIpc) is 2.56. The van der Waals surface area contributed by atoms with Crippen LogP contribution in [0, 0.1) is 0 Å². The van der Waals surface area contributed by atoms with Crippen LogP contribution in [-0.2, 0) is 19.8 Å². The lowest BCUT2D eigenvalue weighted by Gasteiger charge is -2.06. The van der Waals surface area contributed by atoms with Gasteiger partial charge in [0.1, 0.15) is 19.8 Å². The molecule has 2 N–H and O–H groups in total. The summed E-state index contributed by atoms with van der Waals surface area (Å²) in [6.45, 7) is 3.22. The van der Waals surface area contributed by atoms with E-state index >= 15 is 0 Å². The Bertz CT molecular complexity index is 371. The van der Waals surface area contributed by atoms with Crippen LogP contribution in [0.25, 0.3) is 0 Å². The first-order valence-electron chi connectivity index (χ1n) is 9.05. The van der Waals surface area contributed by atoms with Gasteiger partial charge in [0.05, 0.1) is 0 Å². The SMILES string of the molecule is CCCCCCCCCCCC[n+]1c(CO)cccc1CO. The molecule has 1 rings (SSSR count). The van der Waals surface area contributed by atoms with E-state index in [9.17, 15) is 10.2 Å². The van der Waals surface area contributed by atoms with Crippen molar-refractivity contribution < 1.29 is 14.8 Å². The summed E-state index contributed by atoms with van der Waals surface area (Å²) >= 11 is 0. The van der Waals surface area contributed by atoms with E-state index < -0.39 is 0 Å². The Balaban J connectivity index is 2.14. The van der Waals surface area contributed by atoms with E-state index in [-0.39, 0.29) is 13.2 Å². The number of hydrogen-bond acceptors (Lipinski definition) is 2. The first kappa shape index (κ1) is 19.1. The molecular formula is C19H34NO2+. The van der Waals surface area contributed by atoms with Crippen molar-refractivity contribution in [1.82, 2.24) is 0 Å². The molecule has 3 heteroatoms. The fraction of sp³-hybridized carbons (Fsp3) is 0.737. The van der Waals surface area contributed by atoms with Crippen LogP contribution in [0.3, 0.4) is 0 Å². The molecule has 0 spiro atoms. The third-order valence-electron chi connectivity index (χ3n) is 4.33. The molecule has 0 atom stereocenters. The van der Waals surface area contributed by atoms with Gasteiger partial charge in [-0.15, -0.1) is 0 Å². The van der Waals surface area contributed by atoms with Crippen molar-refractivity contribution >= 4 is 0 Å². The van der Waals surface area contributed by atoms with E-state index in [4.69, 9.17) is 0 Å². The molecular weight excluding hydrogens is 274 g/mol. The predicted molar refractivity (Wildman–Crippen MR) is 90.3 cm³/mol. The van der Waals surface area contributed by atoms with Gasteiger partial charge in [-0.2, -0.15) is 4.57 Å². The molecule has 0 saturated heterocycles. The van der Waals surface area contributed by atoms with Gasteiger partial charge in [-0.3, -0.25) is 0 Å². The van der Waals surface area contributed by atoms with Crippen molar-refractivity contribution in [3.63, 3.8) is 0 Å². The molecule has 0 aliphatic rings. The molecule has 1 heterocycles. The van der Waals surface area contributed by atoms with E-state index in [1.165, 1.54) is 57.8 Å². The zero-order chi connectivity index (χ0) is 16.0. The summed E-state index contributed by atoms with van der Waals surface area (Å²) in [4.78, 5) is 0. The molecule has 0 aliphatic heterocycles. The van der Waals surface area contributed by atoms with Crippen LogP contribution in [0.15, 0.2) is 18.2 Å². The summed E-state index contributed by atoms with van der Waals surface area (Å²) < 4.78 is 2.06. The molecule has 22 heavy (non-hydrogen) atoms. The molecule has 0 radical (unpaired) electrons. The van der Waals surface area contributed by atoms with Gasteiger partial charge >= 0.3 is 0 Å². The highest BCUT2D eigenvalue weighted by molar-refractivity contribution is 5.02. The molecule has 0 bridgehead atoms. The second-order valence-corrected chi connectivity index (χ2v) is 6.16. The molecule has 0 amide bonds. The van der Waals surface area contributed by atoms with Crippen LogP contribution in [0.1, 0.15) is 82.5 Å². The quantitative estimate of drug-likeness (QED) is 0.429. The number of aliphatic hydroxyl groups is 2. The minimum Gasteiger partial charge on any atom is -0.385 e. The van der Waals surface area contributed by atoms with E-state index in [0.29, 0.717) is 0 Å². The van der Waals surface area contributed by atoms with Crippen molar-refractivity contribution in [2.75, 3.05) is 0 Å². The zero-order valence-corrected chi connectivity index (χ0v) is 14.3.